The van der Waals surface area contributed by atoms with Crippen molar-refractivity contribution in [3.05, 3.63) is 75.6 Å². The number of fused-ring (bicyclic) bond motifs is 2. The first-order valence-corrected chi connectivity index (χ1v) is 12.6. The van der Waals surface area contributed by atoms with Crippen molar-refractivity contribution in [2.45, 2.75) is 26.2 Å². The number of carbonyl (C=O) groups is 2. The van der Waals surface area contributed by atoms with E-state index in [1.54, 1.807) is 28.4 Å². The number of benzene rings is 2. The molecule has 1 amide bonds. The van der Waals surface area contributed by atoms with Gasteiger partial charge in [-0.3, -0.25) is 9.59 Å². The first kappa shape index (κ1) is 22.5. The summed E-state index contributed by atoms with van der Waals surface area (Å²) in [6.07, 6.45) is 4.64. The summed E-state index contributed by atoms with van der Waals surface area (Å²) in [4.78, 5) is 37.5. The van der Waals surface area contributed by atoms with Crippen molar-refractivity contribution in [1.82, 2.24) is 14.5 Å². The van der Waals surface area contributed by atoms with E-state index in [0.29, 0.717) is 30.2 Å². The van der Waals surface area contributed by atoms with Gasteiger partial charge in [0.1, 0.15) is 16.5 Å². The summed E-state index contributed by atoms with van der Waals surface area (Å²) in [5, 5.41) is 0.807. The number of imidazole rings is 1. The standard InChI is InChI=1S/C27H24N4O4S/c1-16-26(29-25(36-16)12-20(32)9-17-3-6-23-24(10-17)35-15-34-23)19-4-5-21-18(11-19)7-8-31(21)27(33)22-13-28-14-30(22)2/h3-6,10-11,13-14H,7-9,12,15H2,1-2H3. The molecule has 4 aromatic rings. The first-order valence-electron chi connectivity index (χ1n) is 11.7. The zero-order chi connectivity index (χ0) is 24.8. The van der Waals surface area contributed by atoms with Gasteiger partial charge in [-0.25, -0.2) is 9.97 Å². The molecule has 0 atom stereocenters. The molecule has 2 aromatic heterocycles. The molecule has 2 aliphatic rings. The molecular formula is C27H24N4O4S. The lowest BCUT2D eigenvalue weighted by atomic mass is 10.1. The van der Waals surface area contributed by atoms with Crippen LogP contribution in [0.15, 0.2) is 48.9 Å². The third kappa shape index (κ3) is 4.05. The Bertz CT molecular complexity index is 1510. The molecule has 0 unspecified atom stereocenters. The third-order valence-corrected chi connectivity index (χ3v) is 7.53. The van der Waals surface area contributed by atoms with E-state index in [1.165, 1.54) is 0 Å². The summed E-state index contributed by atoms with van der Waals surface area (Å²) in [5.74, 6) is 1.46. The molecular weight excluding hydrogens is 476 g/mol. The maximum Gasteiger partial charge on any atom is 0.276 e. The van der Waals surface area contributed by atoms with E-state index in [9.17, 15) is 9.59 Å². The largest absolute Gasteiger partial charge is 0.454 e. The number of hydrogen-bond acceptors (Lipinski definition) is 7. The molecule has 0 fully saturated rings. The van der Waals surface area contributed by atoms with Crippen molar-refractivity contribution in [2.24, 2.45) is 7.05 Å². The predicted octanol–water partition coefficient (Wildman–Crippen LogP) is 4.14. The normalized spacial score (nSPS) is 13.8. The van der Waals surface area contributed by atoms with E-state index in [1.807, 2.05) is 49.2 Å². The van der Waals surface area contributed by atoms with Crippen LogP contribution < -0.4 is 14.4 Å². The molecule has 0 radical (unpaired) electrons. The van der Waals surface area contributed by atoms with Gasteiger partial charge in [-0.2, -0.15) is 0 Å². The highest BCUT2D eigenvalue weighted by Crippen LogP contribution is 2.36. The lowest BCUT2D eigenvalue weighted by Crippen LogP contribution is -2.30. The molecule has 9 heteroatoms. The van der Waals surface area contributed by atoms with E-state index in [0.717, 1.165) is 44.4 Å². The number of carbonyl (C=O) groups excluding carboxylic acids is 2. The van der Waals surface area contributed by atoms with E-state index in [4.69, 9.17) is 14.5 Å². The Morgan fingerprint density at radius 2 is 1.94 bits per heavy atom. The molecule has 36 heavy (non-hydrogen) atoms. The molecule has 4 heterocycles. The van der Waals surface area contributed by atoms with Crippen LogP contribution in [0.2, 0.25) is 0 Å². The SMILES string of the molecule is Cc1sc(CC(=O)Cc2ccc3c(c2)OCO3)nc1-c1ccc2c(c1)CCN2C(=O)c1cncn1C. The number of thiazole rings is 1. The number of ketones is 1. The van der Waals surface area contributed by atoms with Gasteiger partial charge in [0.15, 0.2) is 11.5 Å². The van der Waals surface area contributed by atoms with Crippen molar-refractivity contribution in [3.63, 3.8) is 0 Å². The van der Waals surface area contributed by atoms with Gasteiger partial charge in [0.05, 0.1) is 24.6 Å². The van der Waals surface area contributed by atoms with Gasteiger partial charge in [-0.1, -0.05) is 12.1 Å². The second kappa shape index (κ2) is 8.91. The van der Waals surface area contributed by atoms with Crippen LogP contribution in [0.1, 0.15) is 31.5 Å². The van der Waals surface area contributed by atoms with Crippen molar-refractivity contribution in [3.8, 4) is 22.8 Å². The lowest BCUT2D eigenvalue weighted by Gasteiger charge is -2.17. The zero-order valence-corrected chi connectivity index (χ0v) is 20.8. The molecule has 0 saturated heterocycles. The van der Waals surface area contributed by atoms with Crippen LogP contribution in [0.25, 0.3) is 11.3 Å². The van der Waals surface area contributed by atoms with Crippen LogP contribution in [-0.4, -0.2) is 39.6 Å². The van der Waals surface area contributed by atoms with Gasteiger partial charge < -0.3 is 18.9 Å². The van der Waals surface area contributed by atoms with Crippen LogP contribution in [0.5, 0.6) is 11.5 Å². The highest BCUT2D eigenvalue weighted by molar-refractivity contribution is 7.12. The molecule has 0 bridgehead atoms. The second-order valence-electron chi connectivity index (χ2n) is 9.03. The molecule has 6 rings (SSSR count). The average molecular weight is 501 g/mol. The Kier molecular flexibility index (Phi) is 5.56. The van der Waals surface area contributed by atoms with Gasteiger partial charge in [0, 0.05) is 36.1 Å². The maximum absolute atomic E-state index is 13.0. The molecule has 2 aromatic carbocycles. The number of anilines is 1. The Morgan fingerprint density at radius 1 is 1.08 bits per heavy atom. The van der Waals surface area contributed by atoms with Gasteiger partial charge in [0.2, 0.25) is 6.79 Å². The Balaban J connectivity index is 1.17. The molecule has 8 nitrogen and oxygen atoms in total. The minimum atomic E-state index is -0.0467. The number of aryl methyl sites for hydroxylation is 2. The van der Waals surface area contributed by atoms with Crippen molar-refractivity contribution < 1.29 is 19.1 Å². The summed E-state index contributed by atoms with van der Waals surface area (Å²) in [6.45, 7) is 2.89. The fourth-order valence-electron chi connectivity index (χ4n) is 4.77. The molecule has 182 valence electrons. The number of aromatic nitrogens is 3. The molecule has 0 N–H and O–H groups in total. The summed E-state index contributed by atoms with van der Waals surface area (Å²) >= 11 is 1.56. The first-order chi connectivity index (χ1) is 17.5. The Morgan fingerprint density at radius 3 is 2.78 bits per heavy atom. The van der Waals surface area contributed by atoms with E-state index >= 15 is 0 Å². The third-order valence-electron chi connectivity index (χ3n) is 6.56. The van der Waals surface area contributed by atoms with E-state index in [-0.39, 0.29) is 24.9 Å². The van der Waals surface area contributed by atoms with E-state index in [2.05, 4.69) is 11.1 Å². The molecule has 0 aliphatic carbocycles. The van der Waals surface area contributed by atoms with E-state index < -0.39 is 0 Å². The molecule has 0 spiro atoms. The number of amides is 1. The number of Topliss-reactive ketones (excluding diaryl/α,β-unsaturated/α-hetero) is 1. The Hall–Kier alpha value is -3.98. The van der Waals surface area contributed by atoms with Crippen LogP contribution in [0.4, 0.5) is 5.69 Å². The molecule has 2 aliphatic heterocycles. The number of nitrogens with zero attached hydrogens (tertiary/aromatic N) is 4. The fourth-order valence-corrected chi connectivity index (χ4v) is 5.75. The quantitative estimate of drug-likeness (QED) is 0.396. The zero-order valence-electron chi connectivity index (χ0n) is 20.0. The van der Waals surface area contributed by atoms with Crippen LogP contribution in [0, 0.1) is 6.92 Å². The minimum Gasteiger partial charge on any atom is -0.454 e. The number of rotatable bonds is 6. The molecule has 0 saturated carbocycles. The number of hydrogen-bond donors (Lipinski definition) is 0. The maximum atomic E-state index is 13.0. The summed E-state index contributed by atoms with van der Waals surface area (Å²) < 4.78 is 12.5. The number of ether oxygens (including phenoxy) is 2. The average Bonchev–Trinajstić information content (AvgIpc) is 3.64. The lowest BCUT2D eigenvalue weighted by molar-refractivity contribution is -0.117. The topological polar surface area (TPSA) is 86.6 Å². The van der Waals surface area contributed by atoms with Crippen molar-refractivity contribution in [2.75, 3.05) is 18.2 Å². The van der Waals surface area contributed by atoms with Gasteiger partial charge in [0.25, 0.3) is 5.91 Å². The summed E-state index contributed by atoms with van der Waals surface area (Å²) in [5.41, 5.74) is 5.42. The van der Waals surface area contributed by atoms with Crippen molar-refractivity contribution in [1.29, 1.82) is 0 Å². The second-order valence-corrected chi connectivity index (χ2v) is 10.3. The van der Waals surface area contributed by atoms with Crippen LogP contribution in [0.3, 0.4) is 0 Å². The highest BCUT2D eigenvalue weighted by Gasteiger charge is 2.28. The van der Waals surface area contributed by atoms with Gasteiger partial charge >= 0.3 is 0 Å². The smallest absolute Gasteiger partial charge is 0.276 e. The van der Waals surface area contributed by atoms with Gasteiger partial charge in [-0.15, -0.1) is 11.3 Å². The minimum absolute atomic E-state index is 0.0467. The summed E-state index contributed by atoms with van der Waals surface area (Å²) in [7, 11) is 1.82. The van der Waals surface area contributed by atoms with Crippen LogP contribution in [-0.2, 0) is 31.1 Å². The predicted molar refractivity (Wildman–Crippen MR) is 136 cm³/mol. The monoisotopic (exact) mass is 500 g/mol. The fraction of sp³-hybridized carbons (Fsp3) is 0.259. The summed E-state index contributed by atoms with van der Waals surface area (Å²) in [6, 6.07) is 11.7. The van der Waals surface area contributed by atoms with Gasteiger partial charge in [-0.05, 0) is 48.7 Å². The Labute approximate surface area is 212 Å². The van der Waals surface area contributed by atoms with Crippen LogP contribution >= 0.6 is 11.3 Å². The van der Waals surface area contributed by atoms with Crippen molar-refractivity contribution >= 4 is 28.7 Å². The highest BCUT2D eigenvalue weighted by atomic mass is 32.1.